The second kappa shape index (κ2) is 6.53. The highest BCUT2D eigenvalue weighted by atomic mass is 79.9. The maximum atomic E-state index is 10.9. The number of thioether (sulfide) groups is 1. The van der Waals surface area contributed by atoms with E-state index in [2.05, 4.69) is 25.9 Å². The molecule has 0 spiro atoms. The number of hydrogen-bond acceptors (Lipinski definition) is 5. The van der Waals surface area contributed by atoms with Gasteiger partial charge in [-0.05, 0) is 53.9 Å². The minimum atomic E-state index is -0.394. The van der Waals surface area contributed by atoms with E-state index in [1.165, 1.54) is 11.8 Å². The maximum Gasteiger partial charge on any atom is 0.283 e. The van der Waals surface area contributed by atoms with Gasteiger partial charge in [0.1, 0.15) is 0 Å². The maximum absolute atomic E-state index is 10.9. The van der Waals surface area contributed by atoms with E-state index in [1.807, 2.05) is 26.8 Å². The van der Waals surface area contributed by atoms with Crippen LogP contribution in [0.3, 0.4) is 0 Å². The van der Waals surface area contributed by atoms with Crippen molar-refractivity contribution in [1.29, 1.82) is 0 Å². The first-order valence-electron chi connectivity index (χ1n) is 6.26. The molecule has 1 aromatic heterocycles. The Hall–Kier alpha value is -1.47. The van der Waals surface area contributed by atoms with Gasteiger partial charge in [-0.25, -0.2) is 9.97 Å². The van der Waals surface area contributed by atoms with Crippen molar-refractivity contribution in [2.45, 2.75) is 31.7 Å². The summed E-state index contributed by atoms with van der Waals surface area (Å²) in [7, 11) is 0. The molecule has 0 radical (unpaired) electrons. The molecule has 1 heterocycles. The quantitative estimate of drug-likeness (QED) is 0.347. The van der Waals surface area contributed by atoms with Crippen molar-refractivity contribution in [3.8, 4) is 0 Å². The van der Waals surface area contributed by atoms with Crippen molar-refractivity contribution in [3.63, 3.8) is 0 Å². The summed E-state index contributed by atoms with van der Waals surface area (Å²) >= 11 is 4.66. The fourth-order valence-electron chi connectivity index (χ4n) is 1.74. The number of nitrogens with zero attached hydrogens (tertiary/aromatic N) is 3. The van der Waals surface area contributed by atoms with E-state index in [1.54, 1.807) is 12.1 Å². The van der Waals surface area contributed by atoms with Gasteiger partial charge >= 0.3 is 0 Å². The normalized spacial score (nSPS) is 10.7. The molecule has 0 aliphatic heterocycles. The van der Waals surface area contributed by atoms with Crippen LogP contribution in [0.1, 0.15) is 22.5 Å². The minimum absolute atomic E-state index is 0.0743. The van der Waals surface area contributed by atoms with Gasteiger partial charge in [0.25, 0.3) is 5.69 Å². The fourth-order valence-corrected chi connectivity index (χ4v) is 3.01. The molecule has 2 rings (SSSR count). The Kier molecular flexibility index (Phi) is 4.95. The van der Waals surface area contributed by atoms with E-state index in [-0.39, 0.29) is 5.69 Å². The molecule has 5 nitrogen and oxygen atoms in total. The zero-order valence-corrected chi connectivity index (χ0v) is 14.3. The lowest BCUT2D eigenvalue weighted by Crippen LogP contribution is -1.98. The predicted molar refractivity (Wildman–Crippen MR) is 86.6 cm³/mol. The largest absolute Gasteiger partial charge is 0.283 e. The third kappa shape index (κ3) is 3.79. The summed E-state index contributed by atoms with van der Waals surface area (Å²) in [6.45, 7) is 5.91. The van der Waals surface area contributed by atoms with Crippen molar-refractivity contribution in [2.75, 3.05) is 0 Å². The van der Waals surface area contributed by atoms with Crippen LogP contribution in [0.4, 0.5) is 5.69 Å². The average molecular weight is 368 g/mol. The molecule has 21 heavy (non-hydrogen) atoms. The third-order valence-corrected chi connectivity index (χ3v) is 4.78. The van der Waals surface area contributed by atoms with E-state index in [0.717, 1.165) is 22.5 Å². The molecule has 0 saturated carbocycles. The molecule has 0 atom stereocenters. The molecule has 1 aromatic carbocycles. The lowest BCUT2D eigenvalue weighted by Gasteiger charge is -2.07. The van der Waals surface area contributed by atoms with E-state index in [0.29, 0.717) is 15.4 Å². The van der Waals surface area contributed by atoms with Crippen LogP contribution >= 0.6 is 27.7 Å². The first kappa shape index (κ1) is 15.9. The molecule has 0 unspecified atom stereocenters. The van der Waals surface area contributed by atoms with Gasteiger partial charge in [0, 0.05) is 23.2 Å². The monoisotopic (exact) mass is 367 g/mol. The second-order valence-corrected chi connectivity index (χ2v) is 6.43. The van der Waals surface area contributed by atoms with Crippen LogP contribution < -0.4 is 0 Å². The van der Waals surface area contributed by atoms with Crippen LogP contribution in [-0.2, 0) is 5.75 Å². The Morgan fingerprint density at radius 3 is 2.43 bits per heavy atom. The van der Waals surface area contributed by atoms with Crippen molar-refractivity contribution < 1.29 is 4.92 Å². The highest BCUT2D eigenvalue weighted by Gasteiger charge is 2.13. The Labute approximate surface area is 135 Å². The van der Waals surface area contributed by atoms with Crippen LogP contribution in [0, 0.1) is 30.9 Å². The highest BCUT2D eigenvalue weighted by molar-refractivity contribution is 9.10. The summed E-state index contributed by atoms with van der Waals surface area (Å²) < 4.78 is 0.486. The Balaban J connectivity index is 2.17. The Bertz CT molecular complexity index is 684. The second-order valence-electron chi connectivity index (χ2n) is 4.63. The van der Waals surface area contributed by atoms with E-state index in [4.69, 9.17) is 0 Å². The Morgan fingerprint density at radius 2 is 1.86 bits per heavy atom. The van der Waals surface area contributed by atoms with Gasteiger partial charge < -0.3 is 0 Å². The first-order valence-corrected chi connectivity index (χ1v) is 8.04. The number of benzene rings is 1. The molecule has 0 aliphatic carbocycles. The fraction of sp³-hybridized carbons (Fsp3) is 0.286. The molecule has 0 saturated heterocycles. The molecule has 0 N–H and O–H groups in total. The van der Waals surface area contributed by atoms with Crippen molar-refractivity contribution >= 4 is 33.4 Å². The Morgan fingerprint density at radius 1 is 1.24 bits per heavy atom. The van der Waals surface area contributed by atoms with Crippen LogP contribution in [0.2, 0.25) is 0 Å². The molecule has 0 aliphatic rings. The summed E-state index contributed by atoms with van der Waals surface area (Å²) in [5.41, 5.74) is 3.97. The van der Waals surface area contributed by atoms with Crippen LogP contribution in [-0.4, -0.2) is 14.9 Å². The summed E-state index contributed by atoms with van der Waals surface area (Å²) in [5, 5.41) is 11.6. The average Bonchev–Trinajstić information content (AvgIpc) is 2.43. The van der Waals surface area contributed by atoms with Gasteiger partial charge in [-0.3, -0.25) is 10.1 Å². The van der Waals surface area contributed by atoms with Crippen LogP contribution in [0.5, 0.6) is 0 Å². The topological polar surface area (TPSA) is 68.9 Å². The first-order chi connectivity index (χ1) is 9.88. The SMILES string of the molecule is Cc1nc(SCc2ccc(Br)c([N+](=O)[O-])c2)nc(C)c1C. The molecular formula is C14H14BrN3O2S. The standard InChI is InChI=1S/C14H14BrN3O2S/c1-8-9(2)16-14(17-10(8)3)21-7-11-4-5-12(15)13(6-11)18(19)20/h4-6H,7H2,1-3H3. The lowest BCUT2D eigenvalue weighted by atomic mass is 10.2. The van der Waals surface area contributed by atoms with Gasteiger partial charge in [-0.15, -0.1) is 0 Å². The zero-order valence-electron chi connectivity index (χ0n) is 11.9. The van der Waals surface area contributed by atoms with Gasteiger partial charge in [-0.2, -0.15) is 0 Å². The summed E-state index contributed by atoms with van der Waals surface area (Å²) in [4.78, 5) is 19.4. The highest BCUT2D eigenvalue weighted by Crippen LogP contribution is 2.28. The van der Waals surface area contributed by atoms with Crippen molar-refractivity contribution in [1.82, 2.24) is 9.97 Å². The smallest absolute Gasteiger partial charge is 0.258 e. The van der Waals surface area contributed by atoms with E-state index < -0.39 is 4.92 Å². The summed E-state index contributed by atoms with van der Waals surface area (Å²) in [5.74, 6) is 0.593. The number of hydrogen-bond donors (Lipinski definition) is 0. The van der Waals surface area contributed by atoms with Gasteiger partial charge in [0.2, 0.25) is 0 Å². The number of halogens is 1. The van der Waals surface area contributed by atoms with Crippen LogP contribution in [0.15, 0.2) is 27.8 Å². The number of aromatic nitrogens is 2. The minimum Gasteiger partial charge on any atom is -0.258 e. The van der Waals surface area contributed by atoms with E-state index >= 15 is 0 Å². The molecule has 2 aromatic rings. The molecule has 0 bridgehead atoms. The number of aryl methyl sites for hydroxylation is 2. The molecule has 110 valence electrons. The van der Waals surface area contributed by atoms with Gasteiger partial charge in [0.15, 0.2) is 5.16 Å². The number of nitro groups is 1. The van der Waals surface area contributed by atoms with Crippen LogP contribution in [0.25, 0.3) is 0 Å². The molecular weight excluding hydrogens is 354 g/mol. The van der Waals surface area contributed by atoms with Gasteiger partial charge in [0.05, 0.1) is 9.40 Å². The van der Waals surface area contributed by atoms with Gasteiger partial charge in [-0.1, -0.05) is 17.8 Å². The number of rotatable bonds is 4. The zero-order chi connectivity index (χ0) is 15.6. The van der Waals surface area contributed by atoms with Crippen molar-refractivity contribution in [2.24, 2.45) is 0 Å². The molecule has 0 amide bonds. The number of nitro benzene ring substituents is 1. The third-order valence-electron chi connectivity index (χ3n) is 3.19. The summed E-state index contributed by atoms with van der Waals surface area (Å²) in [6.07, 6.45) is 0. The molecule has 0 fully saturated rings. The lowest BCUT2D eigenvalue weighted by molar-refractivity contribution is -0.385. The summed E-state index contributed by atoms with van der Waals surface area (Å²) in [6, 6.07) is 5.13. The molecule has 7 heteroatoms. The van der Waals surface area contributed by atoms with E-state index in [9.17, 15) is 10.1 Å². The van der Waals surface area contributed by atoms with Crippen molar-refractivity contribution in [3.05, 3.63) is 55.3 Å². The predicted octanol–water partition coefficient (Wildman–Crippen LogP) is 4.36.